The van der Waals surface area contributed by atoms with Crippen molar-refractivity contribution in [3.63, 3.8) is 0 Å². The van der Waals surface area contributed by atoms with E-state index in [0.29, 0.717) is 12.1 Å². The van der Waals surface area contributed by atoms with Gasteiger partial charge in [0.25, 0.3) is 6.43 Å². The molecule has 1 nitrogen and oxygen atoms in total. The van der Waals surface area contributed by atoms with Crippen LogP contribution in [-0.2, 0) is 0 Å². The predicted octanol–water partition coefficient (Wildman–Crippen LogP) is 2.88. The van der Waals surface area contributed by atoms with Crippen molar-refractivity contribution in [3.8, 4) is 0 Å². The lowest BCUT2D eigenvalue weighted by molar-refractivity contribution is 0.116. The zero-order chi connectivity index (χ0) is 10.9. The third-order valence-electron chi connectivity index (χ3n) is 1.67. The van der Waals surface area contributed by atoms with Crippen molar-refractivity contribution in [2.45, 2.75) is 12.5 Å². The van der Waals surface area contributed by atoms with E-state index in [9.17, 15) is 17.6 Å². The summed E-state index contributed by atoms with van der Waals surface area (Å²) in [6.07, 6.45) is -2.88. The van der Waals surface area contributed by atoms with Crippen LogP contribution in [0, 0.1) is 11.6 Å². The summed E-state index contributed by atoms with van der Waals surface area (Å²) in [5, 5.41) is -0.309. The van der Waals surface area contributed by atoms with Crippen LogP contribution in [0.3, 0.4) is 0 Å². The third kappa shape index (κ3) is 2.16. The van der Waals surface area contributed by atoms with Crippen LogP contribution in [0.5, 0.6) is 0 Å². The van der Waals surface area contributed by atoms with Gasteiger partial charge in [-0.15, -0.1) is 0 Å². The molecule has 0 aliphatic rings. The normalized spacial score (nSPS) is 13.4. The molecule has 1 aromatic carbocycles. The predicted molar refractivity (Wildman–Crippen MR) is 44.3 cm³/mol. The van der Waals surface area contributed by atoms with Crippen molar-refractivity contribution < 1.29 is 17.6 Å². The molecule has 0 spiro atoms. The lowest BCUT2D eigenvalue weighted by Crippen LogP contribution is -2.19. The molecule has 0 saturated carbocycles. The molecular formula is C8H6ClF4N. The van der Waals surface area contributed by atoms with E-state index in [1.54, 1.807) is 0 Å². The van der Waals surface area contributed by atoms with Crippen molar-refractivity contribution in [2.75, 3.05) is 0 Å². The summed E-state index contributed by atoms with van der Waals surface area (Å²) in [4.78, 5) is 0. The van der Waals surface area contributed by atoms with Crippen molar-refractivity contribution in [1.82, 2.24) is 0 Å². The van der Waals surface area contributed by atoms with Crippen LogP contribution in [-0.4, -0.2) is 6.43 Å². The maximum absolute atomic E-state index is 12.6. The Kier molecular flexibility index (Phi) is 3.34. The van der Waals surface area contributed by atoms with Crippen molar-refractivity contribution in [3.05, 3.63) is 34.4 Å². The SMILES string of the molecule is NC(c1cc(F)c(F)cc1Cl)C(F)F. The van der Waals surface area contributed by atoms with Gasteiger partial charge in [-0.1, -0.05) is 11.6 Å². The second-order valence-electron chi connectivity index (χ2n) is 2.65. The highest BCUT2D eigenvalue weighted by Gasteiger charge is 2.21. The Balaban J connectivity index is 3.15. The van der Waals surface area contributed by atoms with E-state index in [2.05, 4.69) is 0 Å². The van der Waals surface area contributed by atoms with Crippen molar-refractivity contribution in [1.29, 1.82) is 0 Å². The Morgan fingerprint density at radius 3 is 2.14 bits per heavy atom. The maximum Gasteiger partial charge on any atom is 0.257 e. The molecule has 0 radical (unpaired) electrons. The average Bonchev–Trinajstić information content (AvgIpc) is 2.10. The first-order valence-corrected chi connectivity index (χ1v) is 3.99. The summed E-state index contributed by atoms with van der Waals surface area (Å²) in [5.74, 6) is -2.44. The number of halogens is 5. The molecule has 1 unspecified atom stereocenters. The molecule has 0 saturated heterocycles. The summed E-state index contributed by atoms with van der Waals surface area (Å²) in [6.45, 7) is 0. The quantitative estimate of drug-likeness (QED) is 0.610. The minimum atomic E-state index is -2.88. The van der Waals surface area contributed by atoms with E-state index in [1.807, 2.05) is 0 Å². The Labute approximate surface area is 82.5 Å². The molecule has 0 bridgehead atoms. The molecule has 1 atom stereocenters. The summed E-state index contributed by atoms with van der Waals surface area (Å²) in [5.41, 5.74) is 4.73. The molecule has 0 heterocycles. The molecule has 0 aliphatic heterocycles. The number of benzene rings is 1. The number of rotatable bonds is 2. The summed E-state index contributed by atoms with van der Waals surface area (Å²) < 4.78 is 49.4. The molecule has 0 amide bonds. The average molecular weight is 228 g/mol. The third-order valence-corrected chi connectivity index (χ3v) is 2.00. The molecule has 78 valence electrons. The first kappa shape index (κ1) is 11.3. The number of alkyl halides is 2. The minimum Gasteiger partial charge on any atom is -0.319 e. The molecule has 1 rings (SSSR count). The van der Waals surface area contributed by atoms with Gasteiger partial charge in [-0.25, -0.2) is 17.6 Å². The second kappa shape index (κ2) is 4.14. The van der Waals surface area contributed by atoms with Crippen LogP contribution >= 0.6 is 11.6 Å². The smallest absolute Gasteiger partial charge is 0.257 e. The van der Waals surface area contributed by atoms with Gasteiger partial charge in [-0.05, 0) is 17.7 Å². The van der Waals surface area contributed by atoms with Crippen LogP contribution in [0.15, 0.2) is 12.1 Å². The number of nitrogens with two attached hydrogens (primary N) is 1. The standard InChI is InChI=1S/C8H6ClF4N/c9-4-2-6(11)5(10)1-3(4)7(14)8(12)13/h1-2,7-8H,14H2. The monoisotopic (exact) mass is 227 g/mol. The lowest BCUT2D eigenvalue weighted by Gasteiger charge is -2.12. The zero-order valence-corrected chi connectivity index (χ0v) is 7.53. The number of hydrogen-bond acceptors (Lipinski definition) is 1. The molecule has 0 aliphatic carbocycles. The van der Waals surface area contributed by atoms with E-state index in [1.165, 1.54) is 0 Å². The fraction of sp³-hybridized carbons (Fsp3) is 0.250. The van der Waals surface area contributed by atoms with Crippen molar-refractivity contribution >= 4 is 11.6 Å². The molecular weight excluding hydrogens is 222 g/mol. The highest BCUT2D eigenvalue weighted by Crippen LogP contribution is 2.27. The van der Waals surface area contributed by atoms with Crippen LogP contribution in [0.1, 0.15) is 11.6 Å². The Morgan fingerprint density at radius 1 is 1.14 bits per heavy atom. The van der Waals surface area contributed by atoms with Crippen LogP contribution in [0.4, 0.5) is 17.6 Å². The molecule has 6 heteroatoms. The topological polar surface area (TPSA) is 26.0 Å². The molecule has 14 heavy (non-hydrogen) atoms. The summed E-state index contributed by atoms with van der Waals surface area (Å²) in [7, 11) is 0. The van der Waals surface area contributed by atoms with E-state index in [4.69, 9.17) is 17.3 Å². The van der Waals surface area contributed by atoms with Gasteiger partial charge in [0.05, 0.1) is 6.04 Å². The number of hydrogen-bond donors (Lipinski definition) is 1. The first-order chi connectivity index (χ1) is 6.43. The Bertz CT molecular complexity index is 342. The van der Waals surface area contributed by atoms with Crippen molar-refractivity contribution in [2.24, 2.45) is 5.73 Å². The van der Waals surface area contributed by atoms with Gasteiger partial charge in [0.2, 0.25) is 0 Å². The van der Waals surface area contributed by atoms with E-state index in [0.717, 1.165) is 0 Å². The second-order valence-corrected chi connectivity index (χ2v) is 3.06. The Morgan fingerprint density at radius 2 is 1.64 bits per heavy atom. The highest BCUT2D eigenvalue weighted by atomic mass is 35.5. The fourth-order valence-electron chi connectivity index (χ4n) is 0.929. The van der Waals surface area contributed by atoms with Gasteiger partial charge in [0, 0.05) is 5.02 Å². The van der Waals surface area contributed by atoms with E-state index >= 15 is 0 Å². The summed E-state index contributed by atoms with van der Waals surface area (Å²) in [6, 6.07) is -0.513. The Hall–Kier alpha value is -0.810. The van der Waals surface area contributed by atoms with E-state index < -0.39 is 24.1 Å². The van der Waals surface area contributed by atoms with E-state index in [-0.39, 0.29) is 10.6 Å². The van der Waals surface area contributed by atoms with Gasteiger partial charge in [0.15, 0.2) is 11.6 Å². The molecule has 2 N–H and O–H groups in total. The molecule has 0 fully saturated rings. The van der Waals surface area contributed by atoms with Crippen LogP contribution < -0.4 is 5.73 Å². The maximum atomic E-state index is 12.6. The zero-order valence-electron chi connectivity index (χ0n) is 6.78. The van der Waals surface area contributed by atoms with Gasteiger partial charge in [-0.2, -0.15) is 0 Å². The summed E-state index contributed by atoms with van der Waals surface area (Å²) >= 11 is 5.42. The van der Waals surface area contributed by atoms with Crippen LogP contribution in [0.2, 0.25) is 5.02 Å². The van der Waals surface area contributed by atoms with Gasteiger partial charge < -0.3 is 5.73 Å². The molecule has 1 aromatic rings. The molecule has 0 aromatic heterocycles. The first-order valence-electron chi connectivity index (χ1n) is 3.61. The minimum absolute atomic E-state index is 0.305. The fourth-order valence-corrected chi connectivity index (χ4v) is 1.21. The van der Waals surface area contributed by atoms with Gasteiger partial charge in [-0.3, -0.25) is 0 Å². The van der Waals surface area contributed by atoms with Gasteiger partial charge >= 0.3 is 0 Å². The van der Waals surface area contributed by atoms with Crippen LogP contribution in [0.25, 0.3) is 0 Å². The largest absolute Gasteiger partial charge is 0.319 e. The lowest BCUT2D eigenvalue weighted by atomic mass is 10.1. The highest BCUT2D eigenvalue weighted by molar-refractivity contribution is 6.31. The van der Waals surface area contributed by atoms with Gasteiger partial charge in [0.1, 0.15) is 0 Å².